The predicted octanol–water partition coefficient (Wildman–Crippen LogP) is 4.04. The zero-order chi connectivity index (χ0) is 10.1. The van der Waals surface area contributed by atoms with E-state index in [9.17, 15) is 0 Å². The predicted molar refractivity (Wildman–Crippen MR) is 63.6 cm³/mol. The summed E-state index contributed by atoms with van der Waals surface area (Å²) in [6, 6.07) is 8.50. The second-order valence-corrected chi connectivity index (χ2v) is 5.27. The van der Waals surface area contributed by atoms with Crippen LogP contribution in [0, 0.1) is 18.3 Å². The molecule has 0 atom stereocenters. The van der Waals surface area contributed by atoms with Crippen molar-refractivity contribution >= 4 is 37.4 Å². The molecule has 0 saturated heterocycles. The van der Waals surface area contributed by atoms with Crippen molar-refractivity contribution in [2.75, 3.05) is 0 Å². The maximum atomic E-state index is 8.62. The normalized spacial score (nSPS) is 10.4. The number of nitriles is 1. The van der Waals surface area contributed by atoms with E-state index in [1.807, 2.05) is 0 Å². The van der Waals surface area contributed by atoms with Crippen LogP contribution in [0.1, 0.15) is 10.4 Å². The van der Waals surface area contributed by atoms with E-state index in [1.165, 1.54) is 15.6 Å². The number of hydrogen-bond acceptors (Lipinski definition) is 2. The second-order valence-electron chi connectivity index (χ2n) is 3.18. The number of halogens is 1. The van der Waals surface area contributed by atoms with Crippen molar-refractivity contribution < 1.29 is 0 Å². The van der Waals surface area contributed by atoms with Gasteiger partial charge in [0.25, 0.3) is 0 Å². The molecule has 0 aliphatic rings. The van der Waals surface area contributed by atoms with Gasteiger partial charge in [0.15, 0.2) is 0 Å². The summed E-state index contributed by atoms with van der Waals surface area (Å²) in [5.74, 6) is 0. The summed E-state index contributed by atoms with van der Waals surface area (Å²) >= 11 is 5.17. The standard InChI is InChI=1S/C11H8BrNS/c1-7-4-8(12)5-11-10(7)6-9(14-11)2-3-13/h4-6H,2H2,1H3. The summed E-state index contributed by atoms with van der Waals surface area (Å²) in [7, 11) is 0. The number of fused-ring (bicyclic) bond motifs is 1. The maximum absolute atomic E-state index is 8.62. The number of aryl methyl sites for hydroxylation is 1. The number of nitrogens with zero attached hydrogens (tertiary/aromatic N) is 1. The summed E-state index contributed by atoms with van der Waals surface area (Å²) in [5.41, 5.74) is 1.26. The van der Waals surface area contributed by atoms with Crippen LogP contribution >= 0.6 is 27.3 Å². The highest BCUT2D eigenvalue weighted by Crippen LogP contribution is 2.31. The fraction of sp³-hybridized carbons (Fsp3) is 0.182. The van der Waals surface area contributed by atoms with Crippen LogP contribution in [0.25, 0.3) is 10.1 Å². The Morgan fingerprint density at radius 3 is 2.93 bits per heavy atom. The molecular formula is C11H8BrNS. The number of rotatable bonds is 1. The van der Waals surface area contributed by atoms with Crippen LogP contribution in [0.2, 0.25) is 0 Å². The first-order chi connectivity index (χ1) is 6.70. The molecule has 14 heavy (non-hydrogen) atoms. The molecule has 0 radical (unpaired) electrons. The minimum Gasteiger partial charge on any atom is -0.198 e. The molecule has 1 heterocycles. The van der Waals surface area contributed by atoms with Crippen LogP contribution in [-0.2, 0) is 6.42 Å². The van der Waals surface area contributed by atoms with Crippen LogP contribution in [-0.4, -0.2) is 0 Å². The molecule has 0 bridgehead atoms. The molecule has 0 spiro atoms. The van der Waals surface area contributed by atoms with Gasteiger partial charge in [0, 0.05) is 14.0 Å². The number of benzene rings is 1. The SMILES string of the molecule is Cc1cc(Br)cc2sc(CC#N)cc12. The van der Waals surface area contributed by atoms with Crippen molar-refractivity contribution in [1.29, 1.82) is 5.26 Å². The zero-order valence-electron chi connectivity index (χ0n) is 7.67. The maximum Gasteiger partial charge on any atom is 0.0696 e. The Bertz CT molecular complexity index is 522. The summed E-state index contributed by atoms with van der Waals surface area (Å²) in [6.07, 6.45) is 0.510. The minimum atomic E-state index is 0.510. The summed E-state index contributed by atoms with van der Waals surface area (Å²) in [4.78, 5) is 1.14. The van der Waals surface area contributed by atoms with Crippen LogP contribution in [0.4, 0.5) is 0 Å². The average molecular weight is 266 g/mol. The highest BCUT2D eigenvalue weighted by atomic mass is 79.9. The Morgan fingerprint density at radius 2 is 2.21 bits per heavy atom. The fourth-order valence-electron chi connectivity index (χ4n) is 1.49. The fourth-order valence-corrected chi connectivity index (χ4v) is 3.33. The third-order valence-electron chi connectivity index (χ3n) is 2.11. The topological polar surface area (TPSA) is 23.8 Å². The zero-order valence-corrected chi connectivity index (χ0v) is 10.1. The van der Waals surface area contributed by atoms with Gasteiger partial charge < -0.3 is 0 Å². The lowest BCUT2D eigenvalue weighted by Gasteiger charge is -1.96. The minimum absolute atomic E-state index is 0.510. The van der Waals surface area contributed by atoms with Crippen molar-refractivity contribution in [2.45, 2.75) is 13.3 Å². The molecule has 0 aliphatic heterocycles. The molecule has 0 unspecified atom stereocenters. The lowest BCUT2D eigenvalue weighted by molar-refractivity contribution is 1.32. The average Bonchev–Trinajstić information content (AvgIpc) is 2.48. The van der Waals surface area contributed by atoms with Gasteiger partial charge >= 0.3 is 0 Å². The summed E-state index contributed by atoms with van der Waals surface area (Å²) < 4.78 is 2.36. The van der Waals surface area contributed by atoms with Crippen LogP contribution in [0.5, 0.6) is 0 Å². The molecule has 0 amide bonds. The molecule has 0 N–H and O–H groups in total. The Kier molecular flexibility index (Phi) is 2.58. The third kappa shape index (κ3) is 1.68. The third-order valence-corrected chi connectivity index (χ3v) is 3.65. The number of hydrogen-bond donors (Lipinski definition) is 0. The van der Waals surface area contributed by atoms with Gasteiger partial charge in [0.1, 0.15) is 0 Å². The van der Waals surface area contributed by atoms with E-state index in [0.717, 1.165) is 9.35 Å². The second kappa shape index (κ2) is 3.72. The van der Waals surface area contributed by atoms with Crippen molar-refractivity contribution in [1.82, 2.24) is 0 Å². The van der Waals surface area contributed by atoms with E-state index in [-0.39, 0.29) is 0 Å². The Labute approximate surface area is 95.1 Å². The molecule has 1 aromatic carbocycles. The van der Waals surface area contributed by atoms with Gasteiger partial charge in [0.2, 0.25) is 0 Å². The Morgan fingerprint density at radius 1 is 1.43 bits per heavy atom. The molecule has 0 saturated carbocycles. The van der Waals surface area contributed by atoms with Crippen molar-refractivity contribution in [3.63, 3.8) is 0 Å². The van der Waals surface area contributed by atoms with Crippen molar-refractivity contribution in [2.24, 2.45) is 0 Å². The molecule has 0 fully saturated rings. The van der Waals surface area contributed by atoms with E-state index in [1.54, 1.807) is 11.3 Å². The molecule has 3 heteroatoms. The van der Waals surface area contributed by atoms with Gasteiger partial charge in [-0.3, -0.25) is 0 Å². The Hall–Kier alpha value is -0.850. The largest absolute Gasteiger partial charge is 0.198 e. The van der Waals surface area contributed by atoms with E-state index >= 15 is 0 Å². The molecule has 2 rings (SSSR count). The summed E-state index contributed by atoms with van der Waals surface area (Å²) in [6.45, 7) is 2.09. The van der Waals surface area contributed by atoms with Crippen LogP contribution < -0.4 is 0 Å². The van der Waals surface area contributed by atoms with E-state index < -0.39 is 0 Å². The van der Waals surface area contributed by atoms with Crippen molar-refractivity contribution in [3.8, 4) is 6.07 Å². The van der Waals surface area contributed by atoms with Crippen LogP contribution in [0.15, 0.2) is 22.7 Å². The first kappa shape index (κ1) is 9.70. The first-order valence-electron chi connectivity index (χ1n) is 4.26. The summed E-state index contributed by atoms with van der Waals surface area (Å²) in [5, 5.41) is 9.88. The Balaban J connectivity index is 2.66. The molecule has 0 aliphatic carbocycles. The molecular weight excluding hydrogens is 258 g/mol. The monoisotopic (exact) mass is 265 g/mol. The molecule has 1 nitrogen and oxygen atoms in total. The van der Waals surface area contributed by atoms with E-state index in [4.69, 9.17) is 5.26 Å². The van der Waals surface area contributed by atoms with Gasteiger partial charge in [-0.25, -0.2) is 0 Å². The van der Waals surface area contributed by atoms with Gasteiger partial charge in [-0.05, 0) is 36.1 Å². The molecule has 2 aromatic rings. The van der Waals surface area contributed by atoms with Gasteiger partial charge in [0.05, 0.1) is 12.5 Å². The highest BCUT2D eigenvalue weighted by Gasteiger charge is 2.04. The van der Waals surface area contributed by atoms with E-state index in [0.29, 0.717) is 6.42 Å². The molecule has 1 aromatic heterocycles. The highest BCUT2D eigenvalue weighted by molar-refractivity contribution is 9.10. The molecule has 70 valence electrons. The quantitative estimate of drug-likeness (QED) is 0.764. The van der Waals surface area contributed by atoms with Crippen LogP contribution in [0.3, 0.4) is 0 Å². The van der Waals surface area contributed by atoms with Gasteiger partial charge in [-0.1, -0.05) is 15.9 Å². The van der Waals surface area contributed by atoms with Gasteiger partial charge in [-0.15, -0.1) is 11.3 Å². The number of thiophene rings is 1. The van der Waals surface area contributed by atoms with Gasteiger partial charge in [-0.2, -0.15) is 5.26 Å². The van der Waals surface area contributed by atoms with E-state index in [2.05, 4.69) is 47.1 Å². The van der Waals surface area contributed by atoms with Crippen molar-refractivity contribution in [3.05, 3.63) is 33.1 Å². The smallest absolute Gasteiger partial charge is 0.0696 e. The lowest BCUT2D eigenvalue weighted by Crippen LogP contribution is -1.73. The first-order valence-corrected chi connectivity index (χ1v) is 5.87. The lowest BCUT2D eigenvalue weighted by atomic mass is 10.1.